The van der Waals surface area contributed by atoms with Gasteiger partial charge in [-0.25, -0.2) is 13.2 Å². The SMILES string of the molecule is Cc1ccc(S(=O)(=O)N2CCNCC2)cc1.O=C(O)C(F)(F)F. The van der Waals surface area contributed by atoms with Crippen LogP contribution in [0.2, 0.25) is 0 Å². The first kappa shape index (κ1) is 19.4. The molecular weight excluding hydrogens is 337 g/mol. The number of halogens is 3. The molecule has 2 rings (SSSR count). The number of nitrogens with one attached hydrogen (secondary N) is 1. The number of hydrogen-bond acceptors (Lipinski definition) is 4. The normalized spacial score (nSPS) is 16.3. The lowest BCUT2D eigenvalue weighted by atomic mass is 10.2. The average Bonchev–Trinajstić information content (AvgIpc) is 2.48. The summed E-state index contributed by atoms with van der Waals surface area (Å²) in [6.45, 7) is 4.50. The Kier molecular flexibility index (Phi) is 6.54. The van der Waals surface area contributed by atoms with Gasteiger partial charge in [-0.3, -0.25) is 0 Å². The zero-order valence-electron chi connectivity index (χ0n) is 12.3. The number of carboxylic acids is 1. The summed E-state index contributed by atoms with van der Waals surface area (Å²) in [4.78, 5) is 9.28. The van der Waals surface area contributed by atoms with E-state index in [0.717, 1.165) is 18.7 Å². The highest BCUT2D eigenvalue weighted by Gasteiger charge is 2.38. The number of aliphatic carboxylic acids is 1. The van der Waals surface area contributed by atoms with Crippen LogP contribution in [0, 0.1) is 6.92 Å². The topological polar surface area (TPSA) is 86.7 Å². The van der Waals surface area contributed by atoms with Gasteiger partial charge in [0, 0.05) is 26.2 Å². The molecule has 1 aliphatic heterocycles. The van der Waals surface area contributed by atoms with Crippen LogP contribution in [0.25, 0.3) is 0 Å². The predicted octanol–water partition coefficient (Wildman–Crippen LogP) is 1.22. The Morgan fingerprint density at radius 3 is 2.00 bits per heavy atom. The molecule has 0 atom stereocenters. The number of hydrogen-bond donors (Lipinski definition) is 2. The lowest BCUT2D eigenvalue weighted by Gasteiger charge is -2.26. The summed E-state index contributed by atoms with van der Waals surface area (Å²) < 4.78 is 57.7. The van der Waals surface area contributed by atoms with Crippen LogP contribution in [0.5, 0.6) is 0 Å². The van der Waals surface area contributed by atoms with Crippen molar-refractivity contribution in [3.05, 3.63) is 29.8 Å². The molecule has 23 heavy (non-hydrogen) atoms. The summed E-state index contributed by atoms with van der Waals surface area (Å²) in [5.41, 5.74) is 1.07. The maximum Gasteiger partial charge on any atom is 0.490 e. The maximum atomic E-state index is 12.2. The fraction of sp³-hybridized carbons (Fsp3) is 0.462. The summed E-state index contributed by atoms with van der Waals surface area (Å²) in [6.07, 6.45) is -5.08. The van der Waals surface area contributed by atoms with Crippen LogP contribution in [-0.2, 0) is 14.8 Å². The van der Waals surface area contributed by atoms with Crippen molar-refractivity contribution in [3.8, 4) is 0 Å². The third kappa shape index (κ3) is 5.81. The molecule has 0 radical (unpaired) electrons. The Hall–Kier alpha value is -1.65. The van der Waals surface area contributed by atoms with E-state index in [0.29, 0.717) is 18.0 Å². The second-order valence-corrected chi connectivity index (χ2v) is 6.71. The van der Waals surface area contributed by atoms with E-state index >= 15 is 0 Å². The monoisotopic (exact) mass is 354 g/mol. The van der Waals surface area contributed by atoms with Crippen LogP contribution in [0.3, 0.4) is 0 Å². The summed E-state index contributed by atoms with van der Waals surface area (Å²) >= 11 is 0. The summed E-state index contributed by atoms with van der Waals surface area (Å²) in [7, 11) is -3.29. The van der Waals surface area contributed by atoms with E-state index in [1.165, 1.54) is 4.31 Å². The molecule has 130 valence electrons. The minimum Gasteiger partial charge on any atom is -0.475 e. The largest absolute Gasteiger partial charge is 0.490 e. The van der Waals surface area contributed by atoms with Gasteiger partial charge >= 0.3 is 12.1 Å². The van der Waals surface area contributed by atoms with Crippen molar-refractivity contribution in [2.24, 2.45) is 0 Å². The molecule has 10 heteroatoms. The fourth-order valence-electron chi connectivity index (χ4n) is 1.74. The van der Waals surface area contributed by atoms with Crippen LogP contribution in [0.1, 0.15) is 5.56 Å². The van der Waals surface area contributed by atoms with Gasteiger partial charge in [0.15, 0.2) is 0 Å². The van der Waals surface area contributed by atoms with Crippen LogP contribution in [-0.4, -0.2) is 56.2 Å². The summed E-state index contributed by atoms with van der Waals surface area (Å²) in [6, 6.07) is 7.00. The van der Waals surface area contributed by atoms with Crippen molar-refractivity contribution in [1.29, 1.82) is 0 Å². The lowest BCUT2D eigenvalue weighted by molar-refractivity contribution is -0.192. The van der Waals surface area contributed by atoms with Crippen LogP contribution in [0.4, 0.5) is 13.2 Å². The molecule has 1 aromatic rings. The molecule has 6 nitrogen and oxygen atoms in total. The molecule has 1 aromatic carbocycles. The predicted molar refractivity (Wildman–Crippen MR) is 76.5 cm³/mol. The highest BCUT2D eigenvalue weighted by atomic mass is 32.2. The number of alkyl halides is 3. The minimum absolute atomic E-state index is 0.389. The second kappa shape index (κ2) is 7.75. The van der Waals surface area contributed by atoms with Crippen LogP contribution < -0.4 is 5.32 Å². The maximum absolute atomic E-state index is 12.2. The van der Waals surface area contributed by atoms with Gasteiger partial charge in [-0.1, -0.05) is 17.7 Å². The van der Waals surface area contributed by atoms with Gasteiger partial charge in [-0.2, -0.15) is 17.5 Å². The molecular formula is C13H17F3N2O4S. The van der Waals surface area contributed by atoms with E-state index in [1.54, 1.807) is 12.1 Å². The van der Waals surface area contributed by atoms with E-state index < -0.39 is 22.2 Å². The number of piperazine rings is 1. The number of carboxylic acid groups (broad SMARTS) is 1. The molecule has 1 heterocycles. The number of benzene rings is 1. The third-order valence-electron chi connectivity index (χ3n) is 2.98. The van der Waals surface area contributed by atoms with E-state index in [9.17, 15) is 21.6 Å². The molecule has 0 aliphatic carbocycles. The molecule has 0 amide bonds. The number of sulfonamides is 1. The Morgan fingerprint density at radius 1 is 1.17 bits per heavy atom. The van der Waals surface area contributed by atoms with Gasteiger partial charge in [-0.15, -0.1) is 0 Å². The Bertz CT molecular complexity index is 624. The van der Waals surface area contributed by atoms with Crippen molar-refractivity contribution in [1.82, 2.24) is 9.62 Å². The molecule has 1 aliphatic rings. The minimum atomic E-state index is -5.08. The first-order chi connectivity index (χ1) is 10.5. The van der Waals surface area contributed by atoms with Crippen LogP contribution in [0.15, 0.2) is 29.2 Å². The highest BCUT2D eigenvalue weighted by molar-refractivity contribution is 7.89. The van der Waals surface area contributed by atoms with Gasteiger partial charge < -0.3 is 10.4 Å². The number of nitrogens with zero attached hydrogens (tertiary/aromatic N) is 1. The second-order valence-electron chi connectivity index (χ2n) is 4.77. The van der Waals surface area contributed by atoms with Gasteiger partial charge in [-0.05, 0) is 19.1 Å². The van der Waals surface area contributed by atoms with Crippen LogP contribution >= 0.6 is 0 Å². The zero-order chi connectivity index (χ0) is 17.7. The Balaban J connectivity index is 0.000000322. The summed E-state index contributed by atoms with van der Waals surface area (Å²) in [5, 5.41) is 10.3. The van der Waals surface area contributed by atoms with Gasteiger partial charge in [0.2, 0.25) is 10.0 Å². The van der Waals surface area contributed by atoms with Crippen molar-refractivity contribution in [2.45, 2.75) is 18.0 Å². The first-order valence-corrected chi connectivity index (χ1v) is 8.07. The van der Waals surface area contributed by atoms with E-state index in [-0.39, 0.29) is 0 Å². The Labute approximate surface area is 132 Å². The highest BCUT2D eigenvalue weighted by Crippen LogP contribution is 2.16. The number of carbonyl (C=O) groups is 1. The number of aryl methyl sites for hydroxylation is 1. The van der Waals surface area contributed by atoms with Crippen molar-refractivity contribution in [3.63, 3.8) is 0 Å². The smallest absolute Gasteiger partial charge is 0.475 e. The van der Waals surface area contributed by atoms with Gasteiger partial charge in [0.25, 0.3) is 0 Å². The van der Waals surface area contributed by atoms with Crippen molar-refractivity contribution >= 4 is 16.0 Å². The molecule has 0 bridgehead atoms. The van der Waals surface area contributed by atoms with Crippen molar-refractivity contribution < 1.29 is 31.5 Å². The van der Waals surface area contributed by atoms with E-state index in [4.69, 9.17) is 9.90 Å². The zero-order valence-corrected chi connectivity index (χ0v) is 13.1. The molecule has 0 unspecified atom stereocenters. The number of rotatable bonds is 2. The average molecular weight is 354 g/mol. The molecule has 1 saturated heterocycles. The van der Waals surface area contributed by atoms with E-state index in [2.05, 4.69) is 5.32 Å². The van der Waals surface area contributed by atoms with Gasteiger partial charge in [0.1, 0.15) is 0 Å². The van der Waals surface area contributed by atoms with Crippen molar-refractivity contribution in [2.75, 3.05) is 26.2 Å². The fourth-order valence-corrected chi connectivity index (χ4v) is 3.19. The summed E-state index contributed by atoms with van der Waals surface area (Å²) in [5.74, 6) is -2.76. The third-order valence-corrected chi connectivity index (χ3v) is 4.89. The quantitative estimate of drug-likeness (QED) is 0.834. The van der Waals surface area contributed by atoms with E-state index in [1.807, 2.05) is 19.1 Å². The standard InChI is InChI=1S/C11H16N2O2S.C2HF3O2/c1-10-2-4-11(5-3-10)16(14,15)13-8-6-12-7-9-13;3-2(4,5)1(6)7/h2-5,12H,6-9H2,1H3;(H,6,7). The molecule has 0 aromatic heterocycles. The molecule has 2 N–H and O–H groups in total. The molecule has 0 saturated carbocycles. The molecule has 0 spiro atoms. The Morgan fingerprint density at radius 2 is 1.61 bits per heavy atom. The lowest BCUT2D eigenvalue weighted by Crippen LogP contribution is -2.46. The molecule has 1 fully saturated rings. The van der Waals surface area contributed by atoms with Gasteiger partial charge in [0.05, 0.1) is 4.90 Å². The first-order valence-electron chi connectivity index (χ1n) is 6.63.